The zero-order chi connectivity index (χ0) is 18.6. The number of benzene rings is 1. The molecule has 1 atom stereocenters. The van der Waals surface area contributed by atoms with Gasteiger partial charge in [0.2, 0.25) is 5.91 Å². The summed E-state index contributed by atoms with van der Waals surface area (Å²) in [6.45, 7) is 4.14. The normalized spacial score (nSPS) is 19.7. The molecule has 142 valence electrons. The largest absolute Gasteiger partial charge is 0.353 e. The standard InChI is InChI=1S/C21H25N3O2S/c25-20(22-10-13-23-12-8-19-17(15-23)9-14-27-19)18-7-4-11-24(18)21(26)16-5-2-1-3-6-16/h1-3,5-6,9,14,18H,4,7-8,10-13,15H2,(H,22,25). The van der Waals surface area contributed by atoms with Crippen LogP contribution in [-0.2, 0) is 17.8 Å². The van der Waals surface area contributed by atoms with Crippen LogP contribution in [0.25, 0.3) is 0 Å². The average Bonchev–Trinajstić information content (AvgIpc) is 3.37. The SMILES string of the molecule is O=C(NCCN1CCc2sccc2C1)C1CCCN1C(=O)c1ccccc1. The Morgan fingerprint density at radius 3 is 2.85 bits per heavy atom. The number of fused-ring (bicyclic) bond motifs is 1. The molecule has 0 radical (unpaired) electrons. The van der Waals surface area contributed by atoms with Gasteiger partial charge in [0, 0.05) is 43.2 Å². The predicted octanol–water partition coefficient (Wildman–Crippen LogP) is 2.53. The first-order valence-electron chi connectivity index (χ1n) is 9.64. The predicted molar refractivity (Wildman–Crippen MR) is 107 cm³/mol. The summed E-state index contributed by atoms with van der Waals surface area (Å²) in [5.41, 5.74) is 2.07. The highest BCUT2D eigenvalue weighted by Gasteiger charge is 2.34. The van der Waals surface area contributed by atoms with Gasteiger partial charge >= 0.3 is 0 Å². The quantitative estimate of drug-likeness (QED) is 0.863. The van der Waals surface area contributed by atoms with Crippen LogP contribution in [-0.4, -0.2) is 53.8 Å². The van der Waals surface area contributed by atoms with E-state index in [0.29, 0.717) is 18.7 Å². The van der Waals surface area contributed by atoms with Crippen LogP contribution in [0.2, 0.25) is 0 Å². The van der Waals surface area contributed by atoms with Gasteiger partial charge in [-0.3, -0.25) is 14.5 Å². The fourth-order valence-electron chi connectivity index (χ4n) is 3.98. The van der Waals surface area contributed by atoms with Crippen molar-refractivity contribution < 1.29 is 9.59 Å². The number of hydrogen-bond acceptors (Lipinski definition) is 4. The zero-order valence-electron chi connectivity index (χ0n) is 15.4. The van der Waals surface area contributed by atoms with Gasteiger partial charge in [0.1, 0.15) is 6.04 Å². The van der Waals surface area contributed by atoms with Gasteiger partial charge in [0.05, 0.1) is 0 Å². The van der Waals surface area contributed by atoms with E-state index in [1.165, 1.54) is 10.4 Å². The third-order valence-corrected chi connectivity index (χ3v) is 6.47. The second-order valence-electron chi connectivity index (χ2n) is 7.21. The molecule has 2 amide bonds. The minimum Gasteiger partial charge on any atom is -0.353 e. The first-order chi connectivity index (χ1) is 13.2. The van der Waals surface area contributed by atoms with Crippen molar-refractivity contribution in [3.8, 4) is 0 Å². The van der Waals surface area contributed by atoms with Gasteiger partial charge in [0.25, 0.3) is 5.91 Å². The lowest BCUT2D eigenvalue weighted by Gasteiger charge is -2.28. The van der Waals surface area contributed by atoms with Gasteiger partial charge in [0.15, 0.2) is 0 Å². The average molecular weight is 384 g/mol. The molecule has 0 bridgehead atoms. The number of carbonyl (C=O) groups is 2. The molecule has 0 spiro atoms. The Labute approximate surface area is 164 Å². The van der Waals surface area contributed by atoms with Crippen molar-refractivity contribution in [1.29, 1.82) is 0 Å². The summed E-state index contributed by atoms with van der Waals surface area (Å²) >= 11 is 1.84. The Balaban J connectivity index is 1.28. The van der Waals surface area contributed by atoms with Gasteiger partial charge in [-0.15, -0.1) is 11.3 Å². The fourth-order valence-corrected chi connectivity index (χ4v) is 4.87. The topological polar surface area (TPSA) is 52.7 Å². The molecule has 2 aromatic rings. The molecule has 1 aromatic carbocycles. The van der Waals surface area contributed by atoms with Crippen molar-refractivity contribution in [2.75, 3.05) is 26.2 Å². The number of nitrogens with zero attached hydrogens (tertiary/aromatic N) is 2. The molecular formula is C21H25N3O2S. The maximum Gasteiger partial charge on any atom is 0.254 e. The molecule has 1 fully saturated rings. The highest BCUT2D eigenvalue weighted by molar-refractivity contribution is 7.10. The molecule has 1 aromatic heterocycles. The second-order valence-corrected chi connectivity index (χ2v) is 8.21. The summed E-state index contributed by atoms with van der Waals surface area (Å²) in [6, 6.07) is 11.1. The van der Waals surface area contributed by atoms with Crippen molar-refractivity contribution >= 4 is 23.2 Å². The molecule has 1 N–H and O–H groups in total. The summed E-state index contributed by atoms with van der Waals surface area (Å²) in [6.07, 6.45) is 2.72. The molecule has 0 aliphatic carbocycles. The Hall–Kier alpha value is -2.18. The van der Waals surface area contributed by atoms with E-state index in [0.717, 1.165) is 38.9 Å². The monoisotopic (exact) mass is 383 g/mol. The molecule has 4 rings (SSSR count). The fraction of sp³-hybridized carbons (Fsp3) is 0.429. The minimum absolute atomic E-state index is 0.0231. The summed E-state index contributed by atoms with van der Waals surface area (Å²) < 4.78 is 0. The summed E-state index contributed by atoms with van der Waals surface area (Å²) in [7, 11) is 0. The van der Waals surface area contributed by atoms with Crippen LogP contribution in [0.4, 0.5) is 0 Å². The Morgan fingerprint density at radius 1 is 1.15 bits per heavy atom. The number of hydrogen-bond donors (Lipinski definition) is 1. The molecule has 6 heteroatoms. The number of amides is 2. The summed E-state index contributed by atoms with van der Waals surface area (Å²) in [5.74, 6) is -0.0701. The van der Waals surface area contributed by atoms with Crippen molar-refractivity contribution in [2.24, 2.45) is 0 Å². The molecule has 5 nitrogen and oxygen atoms in total. The molecule has 1 saturated heterocycles. The lowest BCUT2D eigenvalue weighted by molar-refractivity contribution is -0.124. The van der Waals surface area contributed by atoms with Crippen molar-refractivity contribution in [2.45, 2.75) is 31.8 Å². The number of nitrogens with one attached hydrogen (secondary N) is 1. The molecule has 2 aliphatic rings. The molecule has 1 unspecified atom stereocenters. The zero-order valence-corrected chi connectivity index (χ0v) is 16.2. The van der Waals surface area contributed by atoms with Crippen LogP contribution < -0.4 is 5.32 Å². The van der Waals surface area contributed by atoms with Crippen LogP contribution in [0.15, 0.2) is 41.8 Å². The highest BCUT2D eigenvalue weighted by Crippen LogP contribution is 2.24. The molecule has 27 heavy (non-hydrogen) atoms. The maximum absolute atomic E-state index is 12.7. The van der Waals surface area contributed by atoms with E-state index in [9.17, 15) is 9.59 Å². The number of rotatable bonds is 5. The van der Waals surface area contributed by atoms with Crippen molar-refractivity contribution in [1.82, 2.24) is 15.1 Å². The van der Waals surface area contributed by atoms with Gasteiger partial charge in [-0.1, -0.05) is 18.2 Å². The van der Waals surface area contributed by atoms with Crippen molar-refractivity contribution in [3.63, 3.8) is 0 Å². The van der Waals surface area contributed by atoms with Gasteiger partial charge in [-0.25, -0.2) is 0 Å². The van der Waals surface area contributed by atoms with Crippen LogP contribution >= 0.6 is 11.3 Å². The third-order valence-electron chi connectivity index (χ3n) is 5.45. The van der Waals surface area contributed by atoms with Gasteiger partial charge in [-0.05, 0) is 48.4 Å². The molecular weight excluding hydrogens is 358 g/mol. The van der Waals surface area contributed by atoms with Gasteiger partial charge in [-0.2, -0.15) is 0 Å². The van der Waals surface area contributed by atoms with E-state index in [-0.39, 0.29) is 17.9 Å². The Bertz CT molecular complexity index is 805. The van der Waals surface area contributed by atoms with E-state index in [1.54, 1.807) is 4.90 Å². The lowest BCUT2D eigenvalue weighted by atomic mass is 10.1. The second kappa shape index (κ2) is 8.23. The van der Waals surface area contributed by atoms with E-state index in [1.807, 2.05) is 41.7 Å². The smallest absolute Gasteiger partial charge is 0.254 e. The van der Waals surface area contributed by atoms with E-state index in [4.69, 9.17) is 0 Å². The number of likely N-dealkylation sites (tertiary alicyclic amines) is 1. The van der Waals surface area contributed by atoms with Crippen LogP contribution in [0.5, 0.6) is 0 Å². The number of carbonyl (C=O) groups excluding carboxylic acids is 2. The molecule has 0 saturated carbocycles. The number of thiophene rings is 1. The van der Waals surface area contributed by atoms with Crippen LogP contribution in [0.1, 0.15) is 33.6 Å². The Morgan fingerprint density at radius 2 is 2.00 bits per heavy atom. The van der Waals surface area contributed by atoms with Crippen molar-refractivity contribution in [3.05, 3.63) is 57.8 Å². The first-order valence-corrected chi connectivity index (χ1v) is 10.5. The Kier molecular flexibility index (Phi) is 5.55. The lowest BCUT2D eigenvalue weighted by Crippen LogP contribution is -2.47. The molecule has 3 heterocycles. The first kappa shape index (κ1) is 18.2. The highest BCUT2D eigenvalue weighted by atomic mass is 32.1. The van der Waals surface area contributed by atoms with Crippen LogP contribution in [0, 0.1) is 0 Å². The van der Waals surface area contributed by atoms with E-state index >= 15 is 0 Å². The maximum atomic E-state index is 12.7. The molecule has 2 aliphatic heterocycles. The third kappa shape index (κ3) is 4.06. The minimum atomic E-state index is -0.345. The summed E-state index contributed by atoms with van der Waals surface area (Å²) in [4.78, 5) is 31.0. The summed E-state index contributed by atoms with van der Waals surface area (Å²) in [5, 5.41) is 5.22. The van der Waals surface area contributed by atoms with E-state index in [2.05, 4.69) is 21.7 Å². The van der Waals surface area contributed by atoms with Crippen LogP contribution in [0.3, 0.4) is 0 Å². The van der Waals surface area contributed by atoms with E-state index < -0.39 is 0 Å². The van der Waals surface area contributed by atoms with Gasteiger partial charge < -0.3 is 10.2 Å².